The number of carbonyl (C=O) groups excluding carboxylic acids is 1. The number of ether oxygens (including phenoxy) is 1. The molecule has 5 heteroatoms. The minimum atomic E-state index is -0.0620. The van der Waals surface area contributed by atoms with Gasteiger partial charge in [0.25, 0.3) is 0 Å². The molecule has 2 aromatic carbocycles. The highest BCUT2D eigenvalue weighted by Crippen LogP contribution is 2.21. The summed E-state index contributed by atoms with van der Waals surface area (Å²) in [7, 11) is 1.62. The second kappa shape index (κ2) is 7.47. The van der Waals surface area contributed by atoms with Gasteiger partial charge in [-0.25, -0.2) is 4.79 Å². The fourth-order valence-corrected chi connectivity index (χ4v) is 2.99. The third-order valence-corrected chi connectivity index (χ3v) is 4.74. The van der Waals surface area contributed by atoms with E-state index in [4.69, 9.17) is 4.74 Å². The van der Waals surface area contributed by atoms with Gasteiger partial charge in [-0.3, -0.25) is 0 Å². The number of aryl methyl sites for hydroxylation is 2. The van der Waals surface area contributed by atoms with Crippen LogP contribution in [0.3, 0.4) is 0 Å². The van der Waals surface area contributed by atoms with Crippen LogP contribution in [0.15, 0.2) is 42.5 Å². The van der Waals surface area contributed by atoms with Crippen molar-refractivity contribution in [2.75, 3.05) is 43.5 Å². The summed E-state index contributed by atoms with van der Waals surface area (Å²) in [5, 5.41) is 2.95. The number of amides is 2. The fourth-order valence-electron chi connectivity index (χ4n) is 2.99. The number of hydrogen-bond donors (Lipinski definition) is 1. The largest absolute Gasteiger partial charge is 0.497 e. The monoisotopic (exact) mass is 339 g/mol. The summed E-state index contributed by atoms with van der Waals surface area (Å²) < 4.78 is 5.19. The van der Waals surface area contributed by atoms with Gasteiger partial charge in [-0.05, 0) is 49.2 Å². The lowest BCUT2D eigenvalue weighted by Gasteiger charge is -2.36. The number of nitrogens with one attached hydrogen (secondary N) is 1. The van der Waals surface area contributed by atoms with Crippen LogP contribution in [-0.2, 0) is 0 Å². The highest BCUT2D eigenvalue weighted by Gasteiger charge is 2.21. The van der Waals surface area contributed by atoms with E-state index in [1.165, 1.54) is 16.8 Å². The molecule has 1 N–H and O–H groups in total. The lowest BCUT2D eigenvalue weighted by atomic mass is 10.1. The van der Waals surface area contributed by atoms with Gasteiger partial charge in [0.1, 0.15) is 5.75 Å². The van der Waals surface area contributed by atoms with Crippen molar-refractivity contribution in [3.05, 3.63) is 53.6 Å². The van der Waals surface area contributed by atoms with E-state index >= 15 is 0 Å². The summed E-state index contributed by atoms with van der Waals surface area (Å²) in [6, 6.07) is 13.9. The summed E-state index contributed by atoms with van der Waals surface area (Å²) in [6.07, 6.45) is 0. The number of benzene rings is 2. The van der Waals surface area contributed by atoms with Crippen molar-refractivity contribution in [2.24, 2.45) is 0 Å². The number of hydrogen-bond acceptors (Lipinski definition) is 3. The van der Waals surface area contributed by atoms with E-state index in [1.54, 1.807) is 7.11 Å². The van der Waals surface area contributed by atoms with E-state index in [2.05, 4.69) is 42.3 Å². The highest BCUT2D eigenvalue weighted by molar-refractivity contribution is 5.89. The summed E-state index contributed by atoms with van der Waals surface area (Å²) in [5.74, 6) is 0.734. The molecule has 1 aliphatic heterocycles. The van der Waals surface area contributed by atoms with Crippen molar-refractivity contribution >= 4 is 17.4 Å². The molecule has 25 heavy (non-hydrogen) atoms. The van der Waals surface area contributed by atoms with Crippen LogP contribution in [0.1, 0.15) is 11.1 Å². The van der Waals surface area contributed by atoms with Crippen LogP contribution < -0.4 is 15.0 Å². The van der Waals surface area contributed by atoms with Crippen molar-refractivity contribution in [3.63, 3.8) is 0 Å². The zero-order valence-electron chi connectivity index (χ0n) is 15.1. The Kier molecular flexibility index (Phi) is 5.12. The normalized spacial score (nSPS) is 14.4. The zero-order valence-corrected chi connectivity index (χ0v) is 15.1. The van der Waals surface area contributed by atoms with Crippen LogP contribution in [0.25, 0.3) is 0 Å². The van der Waals surface area contributed by atoms with Gasteiger partial charge in [0, 0.05) is 43.6 Å². The summed E-state index contributed by atoms with van der Waals surface area (Å²) in [6.45, 7) is 7.37. The second-order valence-electron chi connectivity index (χ2n) is 6.40. The molecule has 1 heterocycles. The molecule has 0 aliphatic carbocycles. The molecule has 0 saturated carbocycles. The molecule has 1 aliphatic rings. The van der Waals surface area contributed by atoms with Gasteiger partial charge in [-0.2, -0.15) is 0 Å². The van der Waals surface area contributed by atoms with Crippen molar-refractivity contribution in [3.8, 4) is 5.75 Å². The molecule has 5 nitrogen and oxygen atoms in total. The summed E-state index contributed by atoms with van der Waals surface area (Å²) >= 11 is 0. The van der Waals surface area contributed by atoms with Crippen LogP contribution in [0.2, 0.25) is 0 Å². The van der Waals surface area contributed by atoms with Crippen LogP contribution in [0, 0.1) is 13.8 Å². The van der Waals surface area contributed by atoms with Crippen molar-refractivity contribution < 1.29 is 9.53 Å². The van der Waals surface area contributed by atoms with E-state index in [0.717, 1.165) is 24.5 Å². The van der Waals surface area contributed by atoms with E-state index in [9.17, 15) is 4.79 Å². The molecule has 0 bridgehead atoms. The van der Waals surface area contributed by atoms with Crippen LogP contribution >= 0.6 is 0 Å². The van der Waals surface area contributed by atoms with Gasteiger partial charge in [0.15, 0.2) is 0 Å². The summed E-state index contributed by atoms with van der Waals surface area (Å²) in [5.41, 5.74) is 4.59. The fraction of sp³-hybridized carbons (Fsp3) is 0.350. The predicted octanol–water partition coefficient (Wildman–Crippen LogP) is 3.67. The molecule has 1 fully saturated rings. The molecular formula is C20H25N3O2. The highest BCUT2D eigenvalue weighted by atomic mass is 16.5. The average molecular weight is 339 g/mol. The van der Waals surface area contributed by atoms with E-state index in [-0.39, 0.29) is 6.03 Å². The average Bonchev–Trinajstić information content (AvgIpc) is 2.64. The quantitative estimate of drug-likeness (QED) is 0.928. The van der Waals surface area contributed by atoms with Gasteiger partial charge in [0.05, 0.1) is 7.11 Å². The minimum Gasteiger partial charge on any atom is -0.497 e. The topological polar surface area (TPSA) is 44.8 Å². The molecule has 1 saturated heterocycles. The van der Waals surface area contributed by atoms with E-state index in [0.29, 0.717) is 13.1 Å². The van der Waals surface area contributed by atoms with Gasteiger partial charge < -0.3 is 19.9 Å². The van der Waals surface area contributed by atoms with Gasteiger partial charge >= 0.3 is 6.03 Å². The minimum absolute atomic E-state index is 0.0620. The Morgan fingerprint density at radius 3 is 2.44 bits per heavy atom. The number of piperazine rings is 1. The Morgan fingerprint density at radius 1 is 1.00 bits per heavy atom. The number of anilines is 2. The first-order chi connectivity index (χ1) is 12.1. The Bertz CT molecular complexity index is 752. The molecule has 0 atom stereocenters. The first-order valence-electron chi connectivity index (χ1n) is 8.59. The maximum absolute atomic E-state index is 12.5. The smallest absolute Gasteiger partial charge is 0.321 e. The van der Waals surface area contributed by atoms with Crippen molar-refractivity contribution in [1.29, 1.82) is 0 Å². The number of carbonyl (C=O) groups is 1. The zero-order chi connectivity index (χ0) is 17.8. The molecule has 0 unspecified atom stereocenters. The van der Waals surface area contributed by atoms with E-state index in [1.807, 2.05) is 29.2 Å². The molecular weight excluding hydrogens is 314 g/mol. The van der Waals surface area contributed by atoms with Crippen molar-refractivity contribution in [1.82, 2.24) is 4.90 Å². The standard InChI is InChI=1S/C20H25N3O2/c1-15-7-8-18(13-16(15)2)22-9-11-23(12-10-22)20(24)21-17-5-4-6-19(14-17)25-3/h4-8,13-14H,9-12H2,1-3H3,(H,21,24). The summed E-state index contributed by atoms with van der Waals surface area (Å²) in [4.78, 5) is 16.7. The van der Waals surface area contributed by atoms with Crippen LogP contribution in [-0.4, -0.2) is 44.2 Å². The Labute approximate surface area is 149 Å². The maximum atomic E-state index is 12.5. The van der Waals surface area contributed by atoms with Gasteiger partial charge in [-0.1, -0.05) is 12.1 Å². The third-order valence-electron chi connectivity index (χ3n) is 4.74. The molecule has 132 valence electrons. The number of urea groups is 1. The van der Waals surface area contributed by atoms with Crippen molar-refractivity contribution in [2.45, 2.75) is 13.8 Å². The van der Waals surface area contributed by atoms with Crippen LogP contribution in [0.5, 0.6) is 5.75 Å². The first-order valence-corrected chi connectivity index (χ1v) is 8.59. The Balaban J connectivity index is 1.57. The lowest BCUT2D eigenvalue weighted by Crippen LogP contribution is -2.50. The maximum Gasteiger partial charge on any atom is 0.321 e. The van der Waals surface area contributed by atoms with E-state index < -0.39 is 0 Å². The Morgan fingerprint density at radius 2 is 1.76 bits per heavy atom. The number of rotatable bonds is 3. The molecule has 0 spiro atoms. The van der Waals surface area contributed by atoms with Gasteiger partial charge in [-0.15, -0.1) is 0 Å². The molecule has 0 radical (unpaired) electrons. The molecule has 0 aromatic heterocycles. The molecule has 2 amide bonds. The number of methoxy groups -OCH3 is 1. The number of nitrogens with zero attached hydrogens (tertiary/aromatic N) is 2. The third kappa shape index (κ3) is 4.05. The van der Waals surface area contributed by atoms with Gasteiger partial charge in [0.2, 0.25) is 0 Å². The van der Waals surface area contributed by atoms with Crippen LogP contribution in [0.4, 0.5) is 16.2 Å². The first kappa shape index (κ1) is 17.1. The lowest BCUT2D eigenvalue weighted by molar-refractivity contribution is 0.208. The second-order valence-corrected chi connectivity index (χ2v) is 6.40. The Hall–Kier alpha value is -2.69. The molecule has 2 aromatic rings. The predicted molar refractivity (Wildman–Crippen MR) is 102 cm³/mol. The molecule has 3 rings (SSSR count). The SMILES string of the molecule is COc1cccc(NC(=O)N2CCN(c3ccc(C)c(C)c3)CC2)c1.